The average molecular weight is 344 g/mol. The molecule has 26 heavy (non-hydrogen) atoms. The van der Waals surface area contributed by atoms with Crippen molar-refractivity contribution >= 4 is 28.8 Å². The molecular weight excluding hydrogens is 324 g/mol. The maximum absolute atomic E-state index is 8.92. The van der Waals surface area contributed by atoms with Crippen LogP contribution in [0.15, 0.2) is 42.6 Å². The number of aromatic nitrogens is 2. The fourth-order valence-corrected chi connectivity index (χ4v) is 2.86. The van der Waals surface area contributed by atoms with Crippen LogP contribution >= 0.6 is 0 Å². The summed E-state index contributed by atoms with van der Waals surface area (Å²) in [6.07, 6.45) is 1.66. The van der Waals surface area contributed by atoms with Crippen LogP contribution in [0, 0.1) is 32.1 Å². The van der Waals surface area contributed by atoms with E-state index in [1.165, 1.54) is 5.56 Å². The summed E-state index contributed by atoms with van der Waals surface area (Å²) in [6.45, 7) is 6.20. The number of nitrogen functional groups attached to an aromatic ring is 1. The maximum atomic E-state index is 8.92. The second kappa shape index (κ2) is 7.11. The van der Waals surface area contributed by atoms with Gasteiger partial charge in [-0.1, -0.05) is 17.7 Å². The smallest absolute Gasteiger partial charge is 0.222 e. The van der Waals surface area contributed by atoms with Crippen LogP contribution in [0.25, 0.3) is 0 Å². The van der Waals surface area contributed by atoms with E-state index in [1.807, 2.05) is 12.1 Å². The molecule has 1 heterocycles. The SMILES string of the molecule is Cc1cc(C)c(Nc2cnc(N)nc2Nc2ccc(C#N)cc2)c(C)c1. The Bertz CT molecular complexity index is 963. The van der Waals surface area contributed by atoms with E-state index >= 15 is 0 Å². The molecule has 0 unspecified atom stereocenters. The molecule has 0 spiro atoms. The van der Waals surface area contributed by atoms with Crippen molar-refractivity contribution in [3.05, 3.63) is 64.8 Å². The third-order valence-corrected chi connectivity index (χ3v) is 4.02. The van der Waals surface area contributed by atoms with E-state index in [1.54, 1.807) is 18.3 Å². The highest BCUT2D eigenvalue weighted by Crippen LogP contribution is 2.30. The molecule has 0 radical (unpaired) electrons. The number of benzene rings is 2. The number of hydrogen-bond donors (Lipinski definition) is 3. The van der Waals surface area contributed by atoms with Crippen LogP contribution < -0.4 is 16.4 Å². The lowest BCUT2D eigenvalue weighted by Crippen LogP contribution is -2.05. The molecule has 0 aliphatic carbocycles. The van der Waals surface area contributed by atoms with Crippen LogP contribution in [0.2, 0.25) is 0 Å². The number of anilines is 5. The van der Waals surface area contributed by atoms with Crippen molar-refractivity contribution in [1.29, 1.82) is 5.26 Å². The summed E-state index contributed by atoms with van der Waals surface area (Å²) >= 11 is 0. The normalized spacial score (nSPS) is 10.2. The topological polar surface area (TPSA) is 99.7 Å². The van der Waals surface area contributed by atoms with Gasteiger partial charge in [-0.05, 0) is 56.2 Å². The van der Waals surface area contributed by atoms with Crippen molar-refractivity contribution in [2.45, 2.75) is 20.8 Å². The Morgan fingerprint density at radius 2 is 1.65 bits per heavy atom. The van der Waals surface area contributed by atoms with Crippen molar-refractivity contribution < 1.29 is 0 Å². The lowest BCUT2D eigenvalue weighted by Gasteiger charge is -2.17. The summed E-state index contributed by atoms with van der Waals surface area (Å²) in [7, 11) is 0. The van der Waals surface area contributed by atoms with Gasteiger partial charge in [0.05, 0.1) is 17.8 Å². The van der Waals surface area contributed by atoms with Crippen molar-refractivity contribution in [2.24, 2.45) is 0 Å². The zero-order chi connectivity index (χ0) is 18.7. The summed E-state index contributed by atoms with van der Waals surface area (Å²) in [5.41, 5.74) is 12.4. The number of aryl methyl sites for hydroxylation is 3. The summed E-state index contributed by atoms with van der Waals surface area (Å²) in [6, 6.07) is 13.5. The molecule has 0 saturated heterocycles. The number of nitrogens with two attached hydrogens (primary N) is 1. The van der Waals surface area contributed by atoms with E-state index in [4.69, 9.17) is 11.0 Å². The van der Waals surface area contributed by atoms with Crippen LogP contribution in [0.1, 0.15) is 22.3 Å². The van der Waals surface area contributed by atoms with Crippen molar-refractivity contribution in [3.8, 4) is 6.07 Å². The van der Waals surface area contributed by atoms with E-state index in [9.17, 15) is 0 Å². The van der Waals surface area contributed by atoms with Gasteiger partial charge in [0.15, 0.2) is 5.82 Å². The summed E-state index contributed by atoms with van der Waals surface area (Å²) in [4.78, 5) is 8.42. The molecular formula is C20H20N6. The predicted octanol–water partition coefficient (Wildman–Crippen LogP) is 4.34. The molecule has 1 aromatic heterocycles. The molecule has 0 fully saturated rings. The highest BCUT2D eigenvalue weighted by Gasteiger charge is 2.10. The van der Waals surface area contributed by atoms with Gasteiger partial charge >= 0.3 is 0 Å². The molecule has 0 atom stereocenters. The van der Waals surface area contributed by atoms with Gasteiger partial charge in [-0.2, -0.15) is 10.2 Å². The fourth-order valence-electron chi connectivity index (χ4n) is 2.86. The molecule has 3 aromatic rings. The second-order valence-electron chi connectivity index (χ2n) is 6.20. The van der Waals surface area contributed by atoms with Gasteiger partial charge in [-0.3, -0.25) is 0 Å². The molecule has 130 valence electrons. The Balaban J connectivity index is 1.94. The lowest BCUT2D eigenvalue weighted by molar-refractivity contribution is 1.18. The standard InChI is InChI=1S/C20H20N6/c1-12-8-13(2)18(14(3)9-12)25-17-11-23-20(22)26-19(17)24-16-6-4-15(10-21)5-7-16/h4-9,11,25H,1-3H3,(H3,22,23,24,26). The first-order chi connectivity index (χ1) is 12.5. The summed E-state index contributed by atoms with van der Waals surface area (Å²) < 4.78 is 0. The van der Waals surface area contributed by atoms with E-state index in [-0.39, 0.29) is 5.95 Å². The van der Waals surface area contributed by atoms with Gasteiger partial charge < -0.3 is 16.4 Å². The highest BCUT2D eigenvalue weighted by molar-refractivity contribution is 5.77. The molecule has 0 aliphatic rings. The fraction of sp³-hybridized carbons (Fsp3) is 0.150. The Labute approximate surface area is 152 Å². The van der Waals surface area contributed by atoms with Crippen molar-refractivity contribution in [2.75, 3.05) is 16.4 Å². The van der Waals surface area contributed by atoms with Crippen LogP contribution in [-0.2, 0) is 0 Å². The Kier molecular flexibility index (Phi) is 4.72. The average Bonchev–Trinajstić information content (AvgIpc) is 2.60. The largest absolute Gasteiger partial charge is 0.368 e. The first-order valence-electron chi connectivity index (χ1n) is 8.21. The second-order valence-corrected chi connectivity index (χ2v) is 6.20. The Morgan fingerprint density at radius 1 is 1.00 bits per heavy atom. The van der Waals surface area contributed by atoms with Crippen LogP contribution in [-0.4, -0.2) is 9.97 Å². The molecule has 3 rings (SSSR count). The van der Waals surface area contributed by atoms with E-state index in [2.05, 4.69) is 59.6 Å². The van der Waals surface area contributed by atoms with E-state index in [0.717, 1.165) is 28.2 Å². The zero-order valence-corrected chi connectivity index (χ0v) is 15.0. The Hall–Kier alpha value is -3.59. The summed E-state index contributed by atoms with van der Waals surface area (Å²) in [5, 5.41) is 15.6. The van der Waals surface area contributed by atoms with Gasteiger partial charge in [-0.25, -0.2) is 4.98 Å². The van der Waals surface area contributed by atoms with Gasteiger partial charge in [0.1, 0.15) is 5.69 Å². The number of rotatable bonds is 4. The molecule has 0 bridgehead atoms. The third-order valence-electron chi connectivity index (χ3n) is 4.02. The molecule has 0 aliphatic heterocycles. The quantitative estimate of drug-likeness (QED) is 0.651. The van der Waals surface area contributed by atoms with Crippen molar-refractivity contribution in [1.82, 2.24) is 9.97 Å². The van der Waals surface area contributed by atoms with Gasteiger partial charge in [-0.15, -0.1) is 0 Å². The maximum Gasteiger partial charge on any atom is 0.222 e. The molecule has 4 N–H and O–H groups in total. The van der Waals surface area contributed by atoms with Crippen molar-refractivity contribution in [3.63, 3.8) is 0 Å². The molecule has 0 saturated carbocycles. The third kappa shape index (κ3) is 3.73. The van der Waals surface area contributed by atoms with E-state index in [0.29, 0.717) is 11.4 Å². The van der Waals surface area contributed by atoms with E-state index < -0.39 is 0 Å². The van der Waals surface area contributed by atoms with Crippen LogP contribution in [0.5, 0.6) is 0 Å². The monoisotopic (exact) mass is 344 g/mol. The number of nitrogens with zero attached hydrogens (tertiary/aromatic N) is 3. The number of nitriles is 1. The molecule has 2 aromatic carbocycles. The minimum atomic E-state index is 0.184. The first-order valence-corrected chi connectivity index (χ1v) is 8.21. The van der Waals surface area contributed by atoms with Crippen LogP contribution in [0.3, 0.4) is 0 Å². The molecule has 6 heteroatoms. The number of hydrogen-bond acceptors (Lipinski definition) is 6. The minimum Gasteiger partial charge on any atom is -0.368 e. The van der Waals surface area contributed by atoms with Gasteiger partial charge in [0.2, 0.25) is 5.95 Å². The number of nitrogens with one attached hydrogen (secondary N) is 2. The minimum absolute atomic E-state index is 0.184. The van der Waals surface area contributed by atoms with Crippen LogP contribution in [0.4, 0.5) is 28.8 Å². The first kappa shape index (κ1) is 17.2. The van der Waals surface area contributed by atoms with Gasteiger partial charge in [0, 0.05) is 11.4 Å². The molecule has 0 amide bonds. The zero-order valence-electron chi connectivity index (χ0n) is 15.0. The summed E-state index contributed by atoms with van der Waals surface area (Å²) in [5.74, 6) is 0.755. The highest BCUT2D eigenvalue weighted by atomic mass is 15.1. The Morgan fingerprint density at radius 3 is 2.27 bits per heavy atom. The van der Waals surface area contributed by atoms with Gasteiger partial charge in [0.25, 0.3) is 0 Å². The lowest BCUT2D eigenvalue weighted by atomic mass is 10.0. The predicted molar refractivity (Wildman–Crippen MR) is 105 cm³/mol. The molecule has 6 nitrogen and oxygen atoms in total.